The van der Waals surface area contributed by atoms with Gasteiger partial charge in [0.15, 0.2) is 5.82 Å². The molecule has 3 aromatic rings. The Balaban J connectivity index is 1.33. The standard InChI is InChI=1S/C24H27FN4O3S/c1-33(31,32)19-8-11-28(12-9-19)15-18-7-6-17(13-21(18)25)20-3-2-10-29-22(20)14-23(27-29)26-24(30)16-4-5-16/h2-3,6-7,10,13-14,16,19H,4-5,8-9,11-12,15H2,1H3,(H,26,27,30). The highest BCUT2D eigenvalue weighted by Crippen LogP contribution is 2.32. The maximum absolute atomic E-state index is 15.0. The van der Waals surface area contributed by atoms with Crippen molar-refractivity contribution in [3.8, 4) is 11.1 Å². The van der Waals surface area contributed by atoms with Crippen molar-refractivity contribution in [1.82, 2.24) is 14.5 Å². The zero-order valence-electron chi connectivity index (χ0n) is 18.5. The van der Waals surface area contributed by atoms with Gasteiger partial charge in [0.2, 0.25) is 5.91 Å². The minimum atomic E-state index is -3.02. The van der Waals surface area contributed by atoms with Crippen LogP contribution >= 0.6 is 0 Å². The van der Waals surface area contributed by atoms with E-state index in [1.54, 1.807) is 16.8 Å². The van der Waals surface area contributed by atoms with E-state index in [2.05, 4.69) is 15.3 Å². The van der Waals surface area contributed by atoms with Crippen molar-refractivity contribution in [3.63, 3.8) is 0 Å². The van der Waals surface area contributed by atoms with Crippen LogP contribution < -0.4 is 5.32 Å². The van der Waals surface area contributed by atoms with Crippen LogP contribution in [0.2, 0.25) is 0 Å². The summed E-state index contributed by atoms with van der Waals surface area (Å²) in [4.78, 5) is 14.2. The van der Waals surface area contributed by atoms with E-state index >= 15 is 4.39 Å². The Kier molecular flexibility index (Phi) is 5.70. The highest BCUT2D eigenvalue weighted by molar-refractivity contribution is 7.91. The first-order valence-electron chi connectivity index (χ1n) is 11.3. The van der Waals surface area contributed by atoms with Crippen molar-refractivity contribution in [3.05, 3.63) is 54.0 Å². The molecule has 174 valence electrons. The minimum Gasteiger partial charge on any atom is -0.309 e. The number of pyridine rings is 1. The maximum atomic E-state index is 15.0. The lowest BCUT2D eigenvalue weighted by atomic mass is 10.0. The molecule has 0 spiro atoms. The Morgan fingerprint density at radius 3 is 2.58 bits per heavy atom. The van der Waals surface area contributed by atoms with E-state index in [9.17, 15) is 13.2 Å². The topological polar surface area (TPSA) is 83.8 Å². The molecule has 0 unspecified atom stereocenters. The fourth-order valence-corrected chi connectivity index (χ4v) is 5.54. The second-order valence-electron chi connectivity index (χ2n) is 9.16. The van der Waals surface area contributed by atoms with Crippen molar-refractivity contribution in [2.24, 2.45) is 5.92 Å². The normalized spacial score (nSPS) is 18.0. The summed E-state index contributed by atoms with van der Waals surface area (Å²) in [5.74, 6) is 0.291. The van der Waals surface area contributed by atoms with Gasteiger partial charge in [-0.25, -0.2) is 17.3 Å². The molecule has 0 radical (unpaired) electrons. The van der Waals surface area contributed by atoms with Gasteiger partial charge in [0.25, 0.3) is 0 Å². The molecule has 1 N–H and O–H groups in total. The van der Waals surface area contributed by atoms with Crippen LogP contribution in [0.4, 0.5) is 10.2 Å². The average molecular weight is 471 g/mol. The van der Waals surface area contributed by atoms with Gasteiger partial charge in [0, 0.05) is 42.1 Å². The third-order valence-corrected chi connectivity index (χ3v) is 8.28. The summed E-state index contributed by atoms with van der Waals surface area (Å²) in [6.07, 6.45) is 6.10. The Morgan fingerprint density at radius 1 is 1.15 bits per heavy atom. The van der Waals surface area contributed by atoms with Gasteiger partial charge in [-0.1, -0.05) is 18.2 Å². The highest BCUT2D eigenvalue weighted by atomic mass is 32.2. The molecule has 2 aromatic heterocycles. The number of sulfone groups is 1. The predicted octanol–water partition coefficient (Wildman–Crippen LogP) is 3.50. The summed E-state index contributed by atoms with van der Waals surface area (Å²) < 4.78 is 40.2. The monoisotopic (exact) mass is 470 g/mol. The highest BCUT2D eigenvalue weighted by Gasteiger charge is 2.30. The van der Waals surface area contributed by atoms with Gasteiger partial charge in [-0.05, 0) is 56.5 Å². The molecule has 1 aromatic carbocycles. The van der Waals surface area contributed by atoms with Crippen molar-refractivity contribution < 1.29 is 17.6 Å². The molecular formula is C24H27FN4O3S. The van der Waals surface area contributed by atoms with Crippen LogP contribution in [0.25, 0.3) is 16.6 Å². The first kappa shape index (κ1) is 22.0. The molecule has 9 heteroatoms. The van der Waals surface area contributed by atoms with Crippen LogP contribution in [-0.2, 0) is 21.2 Å². The molecule has 2 fully saturated rings. The molecule has 33 heavy (non-hydrogen) atoms. The second kappa shape index (κ2) is 8.53. The van der Waals surface area contributed by atoms with Crippen LogP contribution in [0.1, 0.15) is 31.2 Å². The number of nitrogens with zero attached hydrogens (tertiary/aromatic N) is 3. The minimum absolute atomic E-state index is 0.00378. The number of fused-ring (bicyclic) bond motifs is 1. The van der Waals surface area contributed by atoms with E-state index in [4.69, 9.17) is 0 Å². The third kappa shape index (κ3) is 4.79. The lowest BCUT2D eigenvalue weighted by molar-refractivity contribution is -0.117. The Morgan fingerprint density at radius 2 is 1.91 bits per heavy atom. The second-order valence-corrected chi connectivity index (χ2v) is 11.5. The summed E-state index contributed by atoms with van der Waals surface area (Å²) >= 11 is 0. The lowest BCUT2D eigenvalue weighted by Crippen LogP contribution is -2.38. The van der Waals surface area contributed by atoms with Gasteiger partial charge >= 0.3 is 0 Å². The quantitative estimate of drug-likeness (QED) is 0.596. The average Bonchev–Trinajstić information content (AvgIpc) is 3.55. The number of anilines is 1. The molecule has 2 aliphatic rings. The Labute approximate surface area is 192 Å². The zero-order valence-corrected chi connectivity index (χ0v) is 19.3. The van der Waals surface area contributed by atoms with Crippen LogP contribution in [-0.4, -0.2) is 53.4 Å². The first-order valence-corrected chi connectivity index (χ1v) is 13.2. The first-order chi connectivity index (χ1) is 15.8. The number of carbonyl (C=O) groups excluding carboxylic acids is 1. The predicted molar refractivity (Wildman–Crippen MR) is 125 cm³/mol. The summed E-state index contributed by atoms with van der Waals surface area (Å²) in [5, 5.41) is 7.00. The van der Waals surface area contributed by atoms with Crippen LogP contribution in [0, 0.1) is 11.7 Å². The van der Waals surface area contributed by atoms with Gasteiger partial charge in [-0.3, -0.25) is 9.69 Å². The molecule has 1 saturated heterocycles. The van der Waals surface area contributed by atoms with E-state index < -0.39 is 9.84 Å². The number of hydrogen-bond acceptors (Lipinski definition) is 5. The third-order valence-electron chi connectivity index (χ3n) is 6.60. The fourth-order valence-electron chi connectivity index (χ4n) is 4.47. The molecule has 1 aliphatic carbocycles. The van der Waals surface area contributed by atoms with E-state index in [0.29, 0.717) is 43.9 Å². The molecule has 5 rings (SSSR count). The van der Waals surface area contributed by atoms with Gasteiger partial charge < -0.3 is 5.32 Å². The van der Waals surface area contributed by atoms with Crippen LogP contribution in [0.3, 0.4) is 0 Å². The summed E-state index contributed by atoms with van der Waals surface area (Å²) in [5.41, 5.74) is 2.95. The Bertz CT molecular complexity index is 1310. The van der Waals surface area contributed by atoms with Gasteiger partial charge in [-0.2, -0.15) is 5.10 Å². The van der Waals surface area contributed by atoms with Crippen molar-refractivity contribution >= 4 is 27.1 Å². The number of aromatic nitrogens is 2. The number of piperidine rings is 1. The molecule has 3 heterocycles. The number of rotatable bonds is 6. The number of benzene rings is 1. The smallest absolute Gasteiger partial charge is 0.228 e. The molecule has 7 nitrogen and oxygen atoms in total. The van der Waals surface area contributed by atoms with Crippen molar-refractivity contribution in [1.29, 1.82) is 0 Å². The van der Waals surface area contributed by atoms with Crippen LogP contribution in [0.5, 0.6) is 0 Å². The van der Waals surface area contributed by atoms with Crippen LogP contribution in [0.15, 0.2) is 42.6 Å². The molecule has 0 bridgehead atoms. The van der Waals surface area contributed by atoms with E-state index in [1.807, 2.05) is 24.3 Å². The summed E-state index contributed by atoms with van der Waals surface area (Å²) in [6, 6.07) is 10.8. The zero-order chi connectivity index (χ0) is 23.2. The number of halogens is 1. The molecule has 1 amide bonds. The SMILES string of the molecule is CS(=O)(=O)C1CCN(Cc2ccc(-c3cccn4nc(NC(=O)C5CC5)cc34)cc2F)CC1. The van der Waals surface area contributed by atoms with E-state index in [1.165, 1.54) is 12.3 Å². The van der Waals surface area contributed by atoms with Crippen molar-refractivity contribution in [2.75, 3.05) is 24.7 Å². The maximum Gasteiger partial charge on any atom is 0.228 e. The van der Waals surface area contributed by atoms with E-state index in [-0.39, 0.29) is 22.9 Å². The van der Waals surface area contributed by atoms with Crippen molar-refractivity contribution in [2.45, 2.75) is 37.5 Å². The fraction of sp³-hybridized carbons (Fsp3) is 0.417. The number of carbonyl (C=O) groups is 1. The number of amides is 1. The number of hydrogen-bond donors (Lipinski definition) is 1. The largest absolute Gasteiger partial charge is 0.309 e. The summed E-state index contributed by atoms with van der Waals surface area (Å²) in [7, 11) is -3.02. The Hall–Kier alpha value is -2.78. The number of likely N-dealkylation sites (tertiary alicyclic amines) is 1. The number of nitrogens with one attached hydrogen (secondary N) is 1. The van der Waals surface area contributed by atoms with Gasteiger partial charge in [0.1, 0.15) is 15.7 Å². The molecule has 1 aliphatic heterocycles. The molecular weight excluding hydrogens is 443 g/mol. The van der Waals surface area contributed by atoms with Gasteiger partial charge in [-0.15, -0.1) is 0 Å². The van der Waals surface area contributed by atoms with Gasteiger partial charge in [0.05, 0.1) is 10.8 Å². The summed E-state index contributed by atoms with van der Waals surface area (Å²) in [6.45, 7) is 1.74. The van der Waals surface area contributed by atoms with E-state index in [0.717, 1.165) is 29.5 Å². The molecule has 1 saturated carbocycles. The molecule has 0 atom stereocenters. The lowest BCUT2D eigenvalue weighted by Gasteiger charge is -2.31.